The van der Waals surface area contributed by atoms with Gasteiger partial charge in [-0.25, -0.2) is 4.98 Å². The van der Waals surface area contributed by atoms with Crippen molar-refractivity contribution in [2.75, 3.05) is 5.32 Å². The molecule has 0 radical (unpaired) electrons. The molecule has 118 valence electrons. The van der Waals surface area contributed by atoms with Crippen molar-refractivity contribution in [3.63, 3.8) is 0 Å². The second-order valence-electron chi connectivity index (χ2n) is 5.15. The fraction of sp³-hybridized carbons (Fsp3) is 0.176. The predicted octanol–water partition coefficient (Wildman–Crippen LogP) is 3.39. The van der Waals surface area contributed by atoms with Gasteiger partial charge in [0.2, 0.25) is 11.8 Å². The quantitative estimate of drug-likeness (QED) is 0.753. The smallest absolute Gasteiger partial charge is 0.236 e. The van der Waals surface area contributed by atoms with Gasteiger partial charge in [-0.05, 0) is 35.6 Å². The molecule has 0 saturated heterocycles. The van der Waals surface area contributed by atoms with E-state index in [2.05, 4.69) is 10.3 Å². The molecule has 2 N–H and O–H groups in total. The third kappa shape index (κ3) is 3.67. The van der Waals surface area contributed by atoms with Gasteiger partial charge in [-0.2, -0.15) is 0 Å². The average molecular weight is 328 g/mol. The Bertz CT molecular complexity index is 809. The number of hydrogen-bond donors (Lipinski definition) is 2. The minimum absolute atomic E-state index is 0.0589. The van der Waals surface area contributed by atoms with E-state index in [4.69, 9.17) is 4.42 Å². The van der Waals surface area contributed by atoms with E-state index in [0.717, 1.165) is 16.0 Å². The third-order valence-electron chi connectivity index (χ3n) is 3.38. The van der Waals surface area contributed by atoms with Crippen molar-refractivity contribution in [3.05, 3.63) is 58.8 Å². The van der Waals surface area contributed by atoms with Crippen LogP contribution < -0.4 is 5.32 Å². The molecule has 0 spiro atoms. The van der Waals surface area contributed by atoms with Crippen LogP contribution in [0.4, 0.5) is 5.69 Å². The third-order valence-corrected chi connectivity index (χ3v) is 4.24. The number of nitrogens with one attached hydrogen (secondary N) is 1. The lowest BCUT2D eigenvalue weighted by Crippen LogP contribution is -2.15. The van der Waals surface area contributed by atoms with E-state index in [9.17, 15) is 9.90 Å². The lowest BCUT2D eigenvalue weighted by atomic mass is 10.1. The van der Waals surface area contributed by atoms with Crippen molar-refractivity contribution in [2.24, 2.45) is 0 Å². The van der Waals surface area contributed by atoms with Crippen LogP contribution in [0, 0.1) is 6.92 Å². The van der Waals surface area contributed by atoms with Crippen molar-refractivity contribution in [3.8, 4) is 10.8 Å². The number of amides is 1. The minimum Gasteiger partial charge on any atom is -0.444 e. The second kappa shape index (κ2) is 6.76. The van der Waals surface area contributed by atoms with Gasteiger partial charge in [-0.15, -0.1) is 11.3 Å². The SMILES string of the molecule is Cc1ccc(CO)cc1NC(=O)Cc1coc(-c2cccs2)n1. The predicted molar refractivity (Wildman–Crippen MR) is 89.3 cm³/mol. The molecule has 1 aromatic carbocycles. The molecule has 3 rings (SSSR count). The summed E-state index contributed by atoms with van der Waals surface area (Å²) in [5, 5.41) is 14.0. The van der Waals surface area contributed by atoms with Gasteiger partial charge >= 0.3 is 0 Å². The first-order valence-corrected chi connectivity index (χ1v) is 8.02. The number of nitrogens with zero attached hydrogens (tertiary/aromatic N) is 1. The molecule has 0 aliphatic heterocycles. The molecule has 1 amide bonds. The van der Waals surface area contributed by atoms with Gasteiger partial charge in [0.1, 0.15) is 6.26 Å². The molecular formula is C17H16N2O3S. The molecule has 0 aliphatic rings. The highest BCUT2D eigenvalue weighted by Crippen LogP contribution is 2.24. The van der Waals surface area contributed by atoms with Gasteiger partial charge in [0.25, 0.3) is 0 Å². The molecule has 23 heavy (non-hydrogen) atoms. The number of carbonyl (C=O) groups excluding carboxylic acids is 1. The summed E-state index contributed by atoms with van der Waals surface area (Å²) in [7, 11) is 0. The van der Waals surface area contributed by atoms with Crippen molar-refractivity contribution < 1.29 is 14.3 Å². The Balaban J connectivity index is 1.68. The molecule has 0 fully saturated rings. The number of carbonyl (C=O) groups is 1. The van der Waals surface area contributed by atoms with Crippen molar-refractivity contribution in [2.45, 2.75) is 20.0 Å². The summed E-state index contributed by atoms with van der Waals surface area (Å²) in [6, 6.07) is 9.31. The number of aromatic nitrogens is 1. The van der Waals surface area contributed by atoms with Gasteiger partial charge < -0.3 is 14.8 Å². The zero-order chi connectivity index (χ0) is 16.2. The zero-order valence-corrected chi connectivity index (χ0v) is 13.4. The molecule has 2 heterocycles. The number of aryl methyl sites for hydroxylation is 1. The molecule has 0 atom stereocenters. The van der Waals surface area contributed by atoms with E-state index in [1.54, 1.807) is 6.07 Å². The molecule has 0 aliphatic carbocycles. The Morgan fingerprint density at radius 2 is 2.26 bits per heavy atom. The molecular weight excluding hydrogens is 312 g/mol. The summed E-state index contributed by atoms with van der Waals surface area (Å²) in [5.74, 6) is 0.357. The Labute approximate surface area is 137 Å². The van der Waals surface area contributed by atoms with Crippen LogP contribution in [-0.2, 0) is 17.8 Å². The Kier molecular flexibility index (Phi) is 4.55. The maximum atomic E-state index is 12.2. The van der Waals surface area contributed by atoms with E-state index in [1.165, 1.54) is 17.6 Å². The number of oxazole rings is 1. The van der Waals surface area contributed by atoms with Crippen molar-refractivity contribution in [1.29, 1.82) is 0 Å². The fourth-order valence-corrected chi connectivity index (χ4v) is 2.82. The van der Waals surface area contributed by atoms with Gasteiger partial charge in [0.15, 0.2) is 0 Å². The van der Waals surface area contributed by atoms with Crippen LogP contribution >= 0.6 is 11.3 Å². The molecule has 2 aromatic heterocycles. The van der Waals surface area contributed by atoms with E-state index in [0.29, 0.717) is 17.3 Å². The maximum absolute atomic E-state index is 12.2. The maximum Gasteiger partial charge on any atom is 0.236 e. The number of hydrogen-bond acceptors (Lipinski definition) is 5. The standard InChI is InChI=1S/C17H16N2O3S/c1-11-4-5-12(9-20)7-14(11)19-16(21)8-13-10-22-17(18-13)15-3-2-6-23-15/h2-7,10,20H,8-9H2,1H3,(H,19,21). The Hall–Kier alpha value is -2.44. The van der Waals surface area contributed by atoms with E-state index >= 15 is 0 Å². The first-order chi connectivity index (χ1) is 11.2. The summed E-state index contributed by atoms with van der Waals surface area (Å²) in [6.07, 6.45) is 1.64. The number of thiophene rings is 1. The fourth-order valence-electron chi connectivity index (χ4n) is 2.16. The summed E-state index contributed by atoms with van der Waals surface area (Å²) in [6.45, 7) is 1.85. The van der Waals surface area contributed by atoms with E-state index in [1.807, 2.05) is 36.6 Å². The Morgan fingerprint density at radius 3 is 3.00 bits per heavy atom. The van der Waals surface area contributed by atoms with Crippen molar-refractivity contribution >= 4 is 22.9 Å². The average Bonchev–Trinajstić information content (AvgIpc) is 3.20. The molecule has 5 nitrogen and oxygen atoms in total. The van der Waals surface area contributed by atoms with Gasteiger partial charge in [0, 0.05) is 5.69 Å². The summed E-state index contributed by atoms with van der Waals surface area (Å²) in [5.41, 5.74) is 2.98. The number of aliphatic hydroxyl groups is 1. The van der Waals surface area contributed by atoms with Gasteiger partial charge in [0.05, 0.1) is 23.6 Å². The molecule has 0 bridgehead atoms. The largest absolute Gasteiger partial charge is 0.444 e. The number of rotatable bonds is 5. The highest BCUT2D eigenvalue weighted by Gasteiger charge is 2.12. The highest BCUT2D eigenvalue weighted by molar-refractivity contribution is 7.13. The van der Waals surface area contributed by atoms with Crippen LogP contribution in [0.25, 0.3) is 10.8 Å². The summed E-state index contributed by atoms with van der Waals surface area (Å²) in [4.78, 5) is 17.4. The lowest BCUT2D eigenvalue weighted by Gasteiger charge is -2.09. The van der Waals surface area contributed by atoms with Gasteiger partial charge in [-0.3, -0.25) is 4.79 Å². The van der Waals surface area contributed by atoms with Crippen molar-refractivity contribution in [1.82, 2.24) is 4.98 Å². The van der Waals surface area contributed by atoms with Crippen LogP contribution in [0.2, 0.25) is 0 Å². The number of anilines is 1. The monoisotopic (exact) mass is 328 g/mol. The lowest BCUT2D eigenvalue weighted by molar-refractivity contribution is -0.115. The first-order valence-electron chi connectivity index (χ1n) is 7.14. The molecule has 3 aromatic rings. The first kappa shape index (κ1) is 15.5. The van der Waals surface area contributed by atoms with Crippen LogP contribution in [-0.4, -0.2) is 16.0 Å². The van der Waals surface area contributed by atoms with E-state index in [-0.39, 0.29) is 18.9 Å². The number of aliphatic hydroxyl groups excluding tert-OH is 1. The topological polar surface area (TPSA) is 75.4 Å². The summed E-state index contributed by atoms with van der Waals surface area (Å²) >= 11 is 1.54. The van der Waals surface area contributed by atoms with E-state index < -0.39 is 0 Å². The minimum atomic E-state index is -0.172. The summed E-state index contributed by atoms with van der Waals surface area (Å²) < 4.78 is 5.41. The highest BCUT2D eigenvalue weighted by atomic mass is 32.1. The second-order valence-corrected chi connectivity index (χ2v) is 6.10. The Morgan fingerprint density at radius 1 is 1.39 bits per heavy atom. The normalized spacial score (nSPS) is 10.7. The van der Waals surface area contributed by atoms with Gasteiger partial charge in [-0.1, -0.05) is 18.2 Å². The molecule has 0 saturated carbocycles. The van der Waals surface area contributed by atoms with Crippen LogP contribution in [0.3, 0.4) is 0 Å². The zero-order valence-electron chi connectivity index (χ0n) is 12.6. The van der Waals surface area contributed by atoms with Crippen LogP contribution in [0.5, 0.6) is 0 Å². The van der Waals surface area contributed by atoms with Crippen LogP contribution in [0.15, 0.2) is 46.4 Å². The molecule has 6 heteroatoms. The van der Waals surface area contributed by atoms with Crippen LogP contribution in [0.1, 0.15) is 16.8 Å². The number of benzene rings is 1. The molecule has 0 unspecified atom stereocenters.